The number of unbranched alkanes of at least 4 members (excludes halogenated alkanes) is 1. The second-order valence-corrected chi connectivity index (χ2v) is 6.25. The molecule has 0 nitrogen and oxygen atoms in total. The molecule has 1 unspecified atom stereocenters. The summed E-state index contributed by atoms with van der Waals surface area (Å²) in [4.78, 5) is 0.514. The lowest BCUT2D eigenvalue weighted by atomic mass is 9.87. The first-order valence-corrected chi connectivity index (χ1v) is 7.54. The van der Waals surface area contributed by atoms with Crippen LogP contribution >= 0.6 is 15.9 Å². The lowest BCUT2D eigenvalue weighted by Gasteiger charge is -2.22. The van der Waals surface area contributed by atoms with Gasteiger partial charge < -0.3 is 0 Å². The molecule has 0 spiro atoms. The van der Waals surface area contributed by atoms with Gasteiger partial charge in [0, 0.05) is 4.83 Å². The van der Waals surface area contributed by atoms with Crippen LogP contribution in [-0.2, 0) is 0 Å². The lowest BCUT2D eigenvalue weighted by Crippen LogP contribution is -2.04. The number of benzene rings is 1. The van der Waals surface area contributed by atoms with Crippen molar-refractivity contribution in [3.05, 3.63) is 33.4 Å². The Balaban J connectivity index is 3.24. The van der Waals surface area contributed by atoms with Gasteiger partial charge >= 0.3 is 0 Å². The van der Waals surface area contributed by atoms with Gasteiger partial charge in [0.15, 0.2) is 0 Å². The molecule has 0 saturated heterocycles. The van der Waals surface area contributed by atoms with E-state index in [1.165, 1.54) is 52.6 Å². The van der Waals surface area contributed by atoms with Crippen LogP contribution in [0.4, 0.5) is 0 Å². The molecule has 1 aromatic carbocycles. The Kier molecular flexibility index (Phi) is 5.24. The summed E-state index contributed by atoms with van der Waals surface area (Å²) in [6.07, 6.45) is 3.80. The first-order chi connectivity index (χ1) is 7.91. The fourth-order valence-corrected chi connectivity index (χ4v) is 3.54. The molecule has 96 valence electrons. The Morgan fingerprint density at radius 1 is 0.824 bits per heavy atom. The zero-order valence-corrected chi connectivity index (χ0v) is 13.7. The zero-order valence-electron chi connectivity index (χ0n) is 12.1. The number of alkyl halides is 1. The lowest BCUT2D eigenvalue weighted by molar-refractivity contribution is 0.707. The minimum Gasteiger partial charge on any atom is -0.0839 e. The minimum absolute atomic E-state index is 0.514. The molecule has 0 aromatic heterocycles. The molecule has 0 saturated carbocycles. The van der Waals surface area contributed by atoms with Crippen LogP contribution in [0.5, 0.6) is 0 Å². The maximum absolute atomic E-state index is 3.88. The molecule has 1 heteroatoms. The second kappa shape index (κ2) is 6.04. The SMILES string of the molecule is CCCCC(Br)c1c(C)c(C)c(C)c(C)c1C. The van der Waals surface area contributed by atoms with E-state index in [-0.39, 0.29) is 0 Å². The summed E-state index contributed by atoms with van der Waals surface area (Å²) in [6, 6.07) is 0. The highest BCUT2D eigenvalue weighted by Crippen LogP contribution is 2.37. The van der Waals surface area contributed by atoms with Crippen LogP contribution in [-0.4, -0.2) is 0 Å². The second-order valence-electron chi connectivity index (χ2n) is 5.15. The summed E-state index contributed by atoms with van der Waals surface area (Å²) in [5.74, 6) is 0. The molecule has 1 rings (SSSR count). The molecular weight excluding hydrogens is 272 g/mol. The smallest absolute Gasteiger partial charge is 0.0400 e. The maximum atomic E-state index is 3.88. The molecule has 0 aliphatic heterocycles. The molecule has 1 aromatic rings. The van der Waals surface area contributed by atoms with Crippen molar-refractivity contribution in [2.45, 2.75) is 65.6 Å². The maximum Gasteiger partial charge on any atom is 0.0400 e. The summed E-state index contributed by atoms with van der Waals surface area (Å²) in [5, 5.41) is 0. The van der Waals surface area contributed by atoms with Gasteiger partial charge in [0.25, 0.3) is 0 Å². The molecule has 0 amide bonds. The van der Waals surface area contributed by atoms with E-state index in [1.54, 1.807) is 0 Å². The Morgan fingerprint density at radius 2 is 1.24 bits per heavy atom. The van der Waals surface area contributed by atoms with Crippen LogP contribution in [0, 0.1) is 34.6 Å². The van der Waals surface area contributed by atoms with Crippen molar-refractivity contribution in [1.82, 2.24) is 0 Å². The van der Waals surface area contributed by atoms with Crippen molar-refractivity contribution in [2.24, 2.45) is 0 Å². The largest absolute Gasteiger partial charge is 0.0839 e. The highest BCUT2D eigenvalue weighted by atomic mass is 79.9. The van der Waals surface area contributed by atoms with Gasteiger partial charge in [0.1, 0.15) is 0 Å². The molecular formula is C16H25Br. The fourth-order valence-electron chi connectivity index (χ4n) is 2.53. The van der Waals surface area contributed by atoms with Gasteiger partial charge in [-0.05, 0) is 74.4 Å². The van der Waals surface area contributed by atoms with Gasteiger partial charge in [-0.3, -0.25) is 0 Å². The third-order valence-corrected chi connectivity index (χ3v) is 5.10. The van der Waals surface area contributed by atoms with Crippen molar-refractivity contribution in [3.8, 4) is 0 Å². The standard InChI is InChI=1S/C16H25Br/c1-7-8-9-15(17)16-13(5)11(3)10(2)12(4)14(16)6/h15H,7-9H2,1-6H3. The van der Waals surface area contributed by atoms with Gasteiger partial charge in [-0.15, -0.1) is 0 Å². The quantitative estimate of drug-likeness (QED) is 0.611. The van der Waals surface area contributed by atoms with E-state index >= 15 is 0 Å². The predicted molar refractivity (Wildman–Crippen MR) is 81.3 cm³/mol. The topological polar surface area (TPSA) is 0 Å². The third-order valence-electron chi connectivity index (χ3n) is 4.18. The van der Waals surface area contributed by atoms with E-state index in [0.29, 0.717) is 4.83 Å². The number of hydrogen-bond donors (Lipinski definition) is 0. The van der Waals surface area contributed by atoms with Crippen molar-refractivity contribution < 1.29 is 0 Å². The molecule has 1 atom stereocenters. The van der Waals surface area contributed by atoms with Crippen LogP contribution < -0.4 is 0 Å². The van der Waals surface area contributed by atoms with E-state index in [0.717, 1.165) is 0 Å². The molecule has 0 N–H and O–H groups in total. The number of rotatable bonds is 4. The van der Waals surface area contributed by atoms with E-state index in [1.807, 2.05) is 0 Å². The Labute approximate surface area is 115 Å². The summed E-state index contributed by atoms with van der Waals surface area (Å²) in [6.45, 7) is 13.5. The minimum atomic E-state index is 0.514. The molecule has 17 heavy (non-hydrogen) atoms. The van der Waals surface area contributed by atoms with Crippen molar-refractivity contribution in [1.29, 1.82) is 0 Å². The van der Waals surface area contributed by atoms with Crippen molar-refractivity contribution in [2.75, 3.05) is 0 Å². The molecule has 0 fully saturated rings. The number of halogens is 1. The van der Waals surface area contributed by atoms with Crippen LogP contribution in [0.2, 0.25) is 0 Å². The molecule has 0 bridgehead atoms. The van der Waals surface area contributed by atoms with Crippen LogP contribution in [0.1, 0.15) is 64.4 Å². The summed E-state index contributed by atoms with van der Waals surface area (Å²) in [7, 11) is 0. The highest BCUT2D eigenvalue weighted by molar-refractivity contribution is 9.09. The molecule has 0 radical (unpaired) electrons. The van der Waals surface area contributed by atoms with Gasteiger partial charge in [-0.25, -0.2) is 0 Å². The van der Waals surface area contributed by atoms with E-state index in [2.05, 4.69) is 57.5 Å². The molecule has 0 aliphatic carbocycles. The zero-order chi connectivity index (χ0) is 13.2. The van der Waals surface area contributed by atoms with E-state index < -0.39 is 0 Å². The third kappa shape index (κ3) is 2.93. The monoisotopic (exact) mass is 296 g/mol. The molecule has 0 aliphatic rings. The van der Waals surface area contributed by atoms with E-state index in [4.69, 9.17) is 0 Å². The van der Waals surface area contributed by atoms with Crippen molar-refractivity contribution in [3.63, 3.8) is 0 Å². The summed E-state index contributed by atoms with van der Waals surface area (Å²) in [5.41, 5.74) is 8.86. The van der Waals surface area contributed by atoms with Crippen molar-refractivity contribution >= 4 is 15.9 Å². The van der Waals surface area contributed by atoms with Gasteiger partial charge in [-0.1, -0.05) is 35.7 Å². The average molecular weight is 297 g/mol. The van der Waals surface area contributed by atoms with E-state index in [9.17, 15) is 0 Å². The molecule has 0 heterocycles. The van der Waals surface area contributed by atoms with Gasteiger partial charge in [0.05, 0.1) is 0 Å². The fraction of sp³-hybridized carbons (Fsp3) is 0.625. The van der Waals surface area contributed by atoms with Crippen LogP contribution in [0.25, 0.3) is 0 Å². The van der Waals surface area contributed by atoms with Gasteiger partial charge in [0.2, 0.25) is 0 Å². The first kappa shape index (κ1) is 14.8. The Bertz CT molecular complexity index is 375. The Hall–Kier alpha value is -0.300. The predicted octanol–water partition coefficient (Wildman–Crippen LogP) is 5.85. The summed E-state index contributed by atoms with van der Waals surface area (Å²) < 4.78 is 0. The number of hydrogen-bond acceptors (Lipinski definition) is 0. The highest BCUT2D eigenvalue weighted by Gasteiger charge is 2.17. The van der Waals surface area contributed by atoms with Crippen LogP contribution in [0.3, 0.4) is 0 Å². The summed E-state index contributed by atoms with van der Waals surface area (Å²) >= 11 is 3.88. The Morgan fingerprint density at radius 3 is 1.65 bits per heavy atom. The van der Waals surface area contributed by atoms with Gasteiger partial charge in [-0.2, -0.15) is 0 Å². The first-order valence-electron chi connectivity index (χ1n) is 6.62. The average Bonchev–Trinajstić information content (AvgIpc) is 2.31. The normalized spacial score (nSPS) is 12.9. The van der Waals surface area contributed by atoms with Crippen LogP contribution in [0.15, 0.2) is 0 Å².